The summed E-state index contributed by atoms with van der Waals surface area (Å²) in [6.45, 7) is 6.46. The van der Waals surface area contributed by atoms with Crippen molar-refractivity contribution in [2.24, 2.45) is 0 Å². The van der Waals surface area contributed by atoms with Crippen LogP contribution in [0.2, 0.25) is 0 Å². The van der Waals surface area contributed by atoms with Gasteiger partial charge in [-0.05, 0) is 27.7 Å². The summed E-state index contributed by atoms with van der Waals surface area (Å²) in [5, 5.41) is 19.9. The Labute approximate surface area is 100 Å². The smallest absolute Gasteiger partial charge is 0.340 e. The average molecular weight is 248 g/mol. The van der Waals surface area contributed by atoms with Gasteiger partial charge in [0.2, 0.25) is 0 Å². The van der Waals surface area contributed by atoms with E-state index in [9.17, 15) is 15.0 Å². The van der Waals surface area contributed by atoms with Gasteiger partial charge < -0.3 is 24.4 Å². The van der Waals surface area contributed by atoms with Gasteiger partial charge in [-0.2, -0.15) is 0 Å². The predicted octanol–water partition coefficient (Wildman–Crippen LogP) is -0.187. The Balaban J connectivity index is 2.69. The molecule has 0 aromatic carbocycles. The van der Waals surface area contributed by atoms with E-state index in [1.807, 2.05) is 0 Å². The van der Waals surface area contributed by atoms with Crippen LogP contribution in [0.4, 0.5) is 0 Å². The molecule has 1 rings (SSSR count). The molecule has 2 unspecified atom stereocenters. The van der Waals surface area contributed by atoms with E-state index in [0.29, 0.717) is 0 Å². The van der Waals surface area contributed by atoms with Crippen LogP contribution in [0.15, 0.2) is 0 Å². The van der Waals surface area contributed by atoms with Gasteiger partial charge in [0.1, 0.15) is 12.2 Å². The van der Waals surface area contributed by atoms with Crippen molar-refractivity contribution in [3.63, 3.8) is 0 Å². The first-order chi connectivity index (χ1) is 7.70. The van der Waals surface area contributed by atoms with Crippen molar-refractivity contribution in [2.75, 3.05) is 13.2 Å². The zero-order valence-corrected chi connectivity index (χ0v) is 10.6. The topological polar surface area (TPSA) is 85.2 Å². The first-order valence-electron chi connectivity index (χ1n) is 5.60. The molecule has 1 heterocycles. The molecule has 0 radical (unpaired) electrons. The van der Waals surface area contributed by atoms with E-state index >= 15 is 0 Å². The SMILES string of the molecule is CCOC(=O)[C@@](C)(O)C(O)C1COC(C)(C)O1. The average Bonchev–Trinajstić information content (AvgIpc) is 2.58. The predicted molar refractivity (Wildman–Crippen MR) is 58.2 cm³/mol. The van der Waals surface area contributed by atoms with E-state index in [-0.39, 0.29) is 13.2 Å². The van der Waals surface area contributed by atoms with Crippen molar-refractivity contribution in [3.05, 3.63) is 0 Å². The maximum atomic E-state index is 11.5. The molecule has 2 N–H and O–H groups in total. The van der Waals surface area contributed by atoms with E-state index < -0.39 is 29.6 Å². The van der Waals surface area contributed by atoms with Gasteiger partial charge >= 0.3 is 5.97 Å². The van der Waals surface area contributed by atoms with Gasteiger partial charge in [0.05, 0.1) is 13.2 Å². The third-order valence-corrected chi connectivity index (χ3v) is 2.65. The van der Waals surface area contributed by atoms with E-state index in [0.717, 1.165) is 0 Å². The summed E-state index contributed by atoms with van der Waals surface area (Å²) in [5.74, 6) is -1.70. The lowest BCUT2D eigenvalue weighted by atomic mass is 9.95. The van der Waals surface area contributed by atoms with Crippen molar-refractivity contribution in [1.29, 1.82) is 0 Å². The second-order valence-corrected chi connectivity index (χ2v) is 4.68. The second kappa shape index (κ2) is 4.89. The minimum atomic E-state index is -2.01. The molecule has 0 aromatic heterocycles. The first-order valence-corrected chi connectivity index (χ1v) is 5.60. The van der Waals surface area contributed by atoms with Crippen LogP contribution in [0.1, 0.15) is 27.7 Å². The van der Waals surface area contributed by atoms with Crippen LogP contribution in [0.3, 0.4) is 0 Å². The number of esters is 1. The number of hydrogen-bond acceptors (Lipinski definition) is 6. The summed E-state index contributed by atoms with van der Waals surface area (Å²) in [6, 6.07) is 0. The van der Waals surface area contributed by atoms with Crippen molar-refractivity contribution < 1.29 is 29.2 Å². The number of carbonyl (C=O) groups excluding carboxylic acids is 1. The Bertz CT molecular complexity index is 286. The number of hydrogen-bond donors (Lipinski definition) is 2. The van der Waals surface area contributed by atoms with Crippen LogP contribution in [0.25, 0.3) is 0 Å². The number of carbonyl (C=O) groups is 1. The highest BCUT2D eigenvalue weighted by Crippen LogP contribution is 2.28. The Morgan fingerprint density at radius 1 is 1.65 bits per heavy atom. The fourth-order valence-corrected chi connectivity index (χ4v) is 1.63. The van der Waals surface area contributed by atoms with Gasteiger partial charge in [-0.15, -0.1) is 0 Å². The Morgan fingerprint density at radius 2 is 2.24 bits per heavy atom. The third-order valence-electron chi connectivity index (χ3n) is 2.65. The number of ether oxygens (including phenoxy) is 3. The molecule has 0 bridgehead atoms. The van der Waals surface area contributed by atoms with Crippen LogP contribution in [-0.2, 0) is 19.0 Å². The molecule has 0 spiro atoms. The van der Waals surface area contributed by atoms with Gasteiger partial charge in [0, 0.05) is 0 Å². The molecule has 17 heavy (non-hydrogen) atoms. The summed E-state index contributed by atoms with van der Waals surface area (Å²) in [5.41, 5.74) is -2.01. The van der Waals surface area contributed by atoms with E-state index in [4.69, 9.17) is 14.2 Å². The molecule has 1 fully saturated rings. The first kappa shape index (κ1) is 14.4. The summed E-state index contributed by atoms with van der Waals surface area (Å²) in [6.07, 6.45) is -2.16. The van der Waals surface area contributed by atoms with Crippen molar-refractivity contribution in [2.45, 2.75) is 51.3 Å². The zero-order valence-electron chi connectivity index (χ0n) is 10.6. The molecule has 6 heteroatoms. The summed E-state index contributed by atoms with van der Waals surface area (Å²) in [4.78, 5) is 11.5. The highest BCUT2D eigenvalue weighted by atomic mass is 16.7. The van der Waals surface area contributed by atoms with E-state index in [1.165, 1.54) is 6.92 Å². The minimum absolute atomic E-state index is 0.115. The summed E-state index contributed by atoms with van der Waals surface area (Å²) < 4.78 is 15.3. The maximum Gasteiger partial charge on any atom is 0.340 e. The molecule has 0 aromatic rings. The summed E-state index contributed by atoms with van der Waals surface area (Å²) >= 11 is 0. The summed E-state index contributed by atoms with van der Waals surface area (Å²) in [7, 11) is 0. The fourth-order valence-electron chi connectivity index (χ4n) is 1.63. The Hall–Kier alpha value is -0.690. The lowest BCUT2D eigenvalue weighted by molar-refractivity contribution is -0.195. The second-order valence-electron chi connectivity index (χ2n) is 4.68. The van der Waals surface area contributed by atoms with Crippen LogP contribution in [0.5, 0.6) is 0 Å². The molecular weight excluding hydrogens is 228 g/mol. The number of aliphatic hydroxyl groups excluding tert-OH is 1. The largest absolute Gasteiger partial charge is 0.464 e. The molecule has 1 saturated heterocycles. The fraction of sp³-hybridized carbons (Fsp3) is 0.909. The van der Waals surface area contributed by atoms with E-state index in [1.54, 1.807) is 20.8 Å². The highest BCUT2D eigenvalue weighted by Gasteiger charge is 2.48. The van der Waals surface area contributed by atoms with Crippen molar-refractivity contribution in [3.8, 4) is 0 Å². The molecule has 1 aliphatic rings. The van der Waals surface area contributed by atoms with Gasteiger partial charge in [0.15, 0.2) is 11.4 Å². The molecule has 0 saturated carbocycles. The number of aliphatic hydroxyl groups is 2. The number of rotatable bonds is 4. The van der Waals surface area contributed by atoms with Crippen LogP contribution < -0.4 is 0 Å². The molecule has 100 valence electrons. The third kappa shape index (κ3) is 3.16. The van der Waals surface area contributed by atoms with Gasteiger partial charge in [-0.25, -0.2) is 4.79 Å². The zero-order chi connectivity index (χ0) is 13.3. The molecule has 0 aliphatic carbocycles. The monoisotopic (exact) mass is 248 g/mol. The van der Waals surface area contributed by atoms with Gasteiger partial charge in [-0.1, -0.05) is 0 Å². The van der Waals surface area contributed by atoms with Crippen LogP contribution in [-0.4, -0.2) is 53.0 Å². The normalized spacial score (nSPS) is 28.5. The van der Waals surface area contributed by atoms with Crippen molar-refractivity contribution in [1.82, 2.24) is 0 Å². The van der Waals surface area contributed by atoms with E-state index in [2.05, 4.69) is 0 Å². The quantitative estimate of drug-likeness (QED) is 0.671. The Kier molecular flexibility index (Phi) is 4.14. The Morgan fingerprint density at radius 3 is 2.65 bits per heavy atom. The molecule has 1 aliphatic heterocycles. The van der Waals surface area contributed by atoms with Crippen LogP contribution >= 0.6 is 0 Å². The lowest BCUT2D eigenvalue weighted by Gasteiger charge is -2.30. The minimum Gasteiger partial charge on any atom is -0.464 e. The molecular formula is C11H20O6. The molecule has 3 atom stereocenters. The standard InChI is InChI=1S/C11H20O6/c1-5-15-9(13)11(4,14)8(12)7-6-16-10(2,3)17-7/h7-8,12,14H,5-6H2,1-4H3/t7?,8?,11-/m0/s1. The van der Waals surface area contributed by atoms with Gasteiger partial charge in [0.25, 0.3) is 0 Å². The maximum absolute atomic E-state index is 11.5. The highest BCUT2D eigenvalue weighted by molar-refractivity contribution is 5.79. The molecule has 0 amide bonds. The van der Waals surface area contributed by atoms with Crippen molar-refractivity contribution >= 4 is 5.97 Å². The molecule has 6 nitrogen and oxygen atoms in total. The van der Waals surface area contributed by atoms with Gasteiger partial charge in [-0.3, -0.25) is 0 Å². The lowest BCUT2D eigenvalue weighted by Crippen LogP contribution is -2.54. The van der Waals surface area contributed by atoms with Crippen LogP contribution in [0, 0.1) is 0 Å².